The average Bonchev–Trinajstić information content (AvgIpc) is 3.35. The average molecular weight is 580 g/mol. The normalized spacial score (nSPS) is 17.0. The quantitative estimate of drug-likeness (QED) is 0.224. The molecule has 9 heteroatoms. The zero-order valence-corrected chi connectivity index (χ0v) is 23.7. The van der Waals surface area contributed by atoms with Gasteiger partial charge in [-0.2, -0.15) is 0 Å². The van der Waals surface area contributed by atoms with Crippen LogP contribution < -0.4 is 10.1 Å². The number of hydrogen-bond acceptors (Lipinski definition) is 4. The Morgan fingerprint density at radius 1 is 1.07 bits per heavy atom. The summed E-state index contributed by atoms with van der Waals surface area (Å²) in [5.74, 6) is -0.993. The largest absolute Gasteiger partial charge is 0.496 e. The molecule has 0 bridgehead atoms. The molecular formula is C31H28ClF2N3O2S. The van der Waals surface area contributed by atoms with Gasteiger partial charge in [0.1, 0.15) is 22.3 Å². The van der Waals surface area contributed by atoms with Gasteiger partial charge in [0.15, 0.2) is 5.69 Å². The van der Waals surface area contributed by atoms with Gasteiger partial charge in [-0.15, -0.1) is 11.3 Å². The monoisotopic (exact) mass is 579 g/mol. The molecule has 4 aromatic rings. The Hall–Kier alpha value is -3.51. The lowest BCUT2D eigenvalue weighted by Crippen LogP contribution is -2.44. The molecule has 1 saturated carbocycles. The number of ether oxygens (including phenoxy) is 1. The van der Waals surface area contributed by atoms with Crippen molar-refractivity contribution in [1.82, 2.24) is 10.2 Å². The minimum absolute atomic E-state index is 0.0367. The van der Waals surface area contributed by atoms with E-state index in [4.69, 9.17) is 22.9 Å². The Kier molecular flexibility index (Phi) is 8.36. The molecule has 0 saturated heterocycles. The molecule has 0 spiro atoms. The van der Waals surface area contributed by atoms with Gasteiger partial charge in [0, 0.05) is 24.2 Å². The third kappa shape index (κ3) is 5.42. The summed E-state index contributed by atoms with van der Waals surface area (Å²) in [6.45, 7) is 7.44. The zero-order chi connectivity index (χ0) is 28.4. The van der Waals surface area contributed by atoms with Crippen molar-refractivity contribution in [3.05, 3.63) is 93.1 Å². The first kappa shape index (κ1) is 28.0. The van der Waals surface area contributed by atoms with Gasteiger partial charge in [0.25, 0.3) is 5.91 Å². The molecule has 0 unspecified atom stereocenters. The van der Waals surface area contributed by atoms with Crippen LogP contribution in [-0.2, 0) is 6.54 Å². The third-order valence-electron chi connectivity index (χ3n) is 7.63. The number of carbonyl (C=O) groups is 1. The molecule has 5 nitrogen and oxygen atoms in total. The molecule has 1 N–H and O–H groups in total. The van der Waals surface area contributed by atoms with Crippen molar-refractivity contribution in [2.75, 3.05) is 14.2 Å². The summed E-state index contributed by atoms with van der Waals surface area (Å²) in [4.78, 5) is 19.5. The lowest BCUT2D eigenvalue weighted by Gasteiger charge is -2.37. The van der Waals surface area contributed by atoms with Crippen LogP contribution in [0.4, 0.5) is 14.5 Å². The molecule has 1 aliphatic rings. The molecule has 5 rings (SSSR count). The van der Waals surface area contributed by atoms with Crippen molar-refractivity contribution in [1.29, 1.82) is 0 Å². The van der Waals surface area contributed by atoms with Crippen LogP contribution in [0.3, 0.4) is 0 Å². The molecule has 1 heterocycles. The summed E-state index contributed by atoms with van der Waals surface area (Å²) in [6, 6.07) is 15.5. The molecule has 0 aliphatic heterocycles. The Labute approximate surface area is 241 Å². The van der Waals surface area contributed by atoms with E-state index in [2.05, 4.69) is 10.2 Å². The summed E-state index contributed by atoms with van der Waals surface area (Å²) in [7, 11) is 3.52. The highest BCUT2D eigenvalue weighted by Crippen LogP contribution is 2.40. The van der Waals surface area contributed by atoms with Gasteiger partial charge in [0.2, 0.25) is 0 Å². The minimum atomic E-state index is -0.656. The number of benzene rings is 3. The minimum Gasteiger partial charge on any atom is -0.496 e. The van der Waals surface area contributed by atoms with E-state index in [1.807, 2.05) is 37.4 Å². The predicted octanol–water partition coefficient (Wildman–Crippen LogP) is 8.23. The first-order valence-corrected chi connectivity index (χ1v) is 14.2. The maximum atomic E-state index is 14.6. The second-order valence-electron chi connectivity index (χ2n) is 9.89. The molecule has 1 aliphatic carbocycles. The maximum Gasteiger partial charge on any atom is 0.266 e. The lowest BCUT2D eigenvalue weighted by molar-refractivity contribution is 0.0604. The fourth-order valence-corrected chi connectivity index (χ4v) is 6.91. The number of carbonyl (C=O) groups excluding carboxylic acids is 1. The molecular weight excluding hydrogens is 552 g/mol. The number of nitrogens with zero attached hydrogens (tertiary/aromatic N) is 2. The Morgan fingerprint density at radius 2 is 1.75 bits per heavy atom. The van der Waals surface area contributed by atoms with Crippen LogP contribution in [0.2, 0.25) is 5.02 Å². The Bertz CT molecular complexity index is 1590. The second kappa shape index (κ2) is 11.9. The molecule has 3 aromatic carbocycles. The summed E-state index contributed by atoms with van der Waals surface area (Å²) in [5.41, 5.74) is 3.21. The molecule has 1 amide bonds. The van der Waals surface area contributed by atoms with Crippen molar-refractivity contribution >= 4 is 44.6 Å². The number of hydrogen-bond donors (Lipinski definition) is 1. The van der Waals surface area contributed by atoms with E-state index < -0.39 is 11.6 Å². The first-order chi connectivity index (χ1) is 19.3. The molecule has 0 atom stereocenters. The third-order valence-corrected chi connectivity index (χ3v) is 9.31. The van der Waals surface area contributed by atoms with Crippen molar-refractivity contribution in [2.45, 2.75) is 44.3 Å². The van der Waals surface area contributed by atoms with Crippen LogP contribution in [0, 0.1) is 18.2 Å². The summed E-state index contributed by atoms with van der Waals surface area (Å²) in [5, 5.41) is 3.20. The van der Waals surface area contributed by atoms with Crippen molar-refractivity contribution in [3.63, 3.8) is 0 Å². The van der Waals surface area contributed by atoms with E-state index >= 15 is 0 Å². The van der Waals surface area contributed by atoms with Crippen LogP contribution in [0.25, 0.3) is 26.1 Å². The van der Waals surface area contributed by atoms with E-state index in [1.54, 1.807) is 24.1 Å². The molecule has 40 heavy (non-hydrogen) atoms. The van der Waals surface area contributed by atoms with Gasteiger partial charge in [0.05, 0.1) is 28.8 Å². The highest BCUT2D eigenvalue weighted by atomic mass is 35.5. The number of rotatable bonds is 7. The van der Waals surface area contributed by atoms with E-state index in [0.717, 1.165) is 65.8 Å². The molecule has 206 valence electrons. The fourth-order valence-electron chi connectivity index (χ4n) is 5.40. The molecule has 1 aromatic heterocycles. The zero-order valence-electron chi connectivity index (χ0n) is 22.1. The summed E-state index contributed by atoms with van der Waals surface area (Å²) >= 11 is 7.44. The number of thiophene rings is 1. The van der Waals surface area contributed by atoms with Crippen LogP contribution >= 0.6 is 22.9 Å². The summed E-state index contributed by atoms with van der Waals surface area (Å²) in [6.07, 6.45) is 3.36. The van der Waals surface area contributed by atoms with Crippen LogP contribution in [0.1, 0.15) is 40.9 Å². The molecule has 0 radical (unpaired) electrons. The highest BCUT2D eigenvalue weighted by Gasteiger charge is 2.33. The number of fused-ring (bicyclic) bond motifs is 1. The van der Waals surface area contributed by atoms with E-state index in [9.17, 15) is 13.6 Å². The van der Waals surface area contributed by atoms with E-state index in [-0.39, 0.29) is 38.5 Å². The standard InChI is InChI=1S/C31H28ClF2N3O2S/c1-35-21-7-4-18(5-8-21)19-6-15-26(39-3)20(16-19)17-37(23-11-9-22(36-2)10-12-23)31(38)30-28(32)27-24(33)13-14-25(34)29(27)40-30/h4-8,13-16,22-23,36H,9-12,17H2,2-3H3/t22-,23-. The van der Waals surface area contributed by atoms with Gasteiger partial charge in [-0.3, -0.25) is 4.79 Å². The smallest absolute Gasteiger partial charge is 0.266 e. The van der Waals surface area contributed by atoms with Crippen LogP contribution in [-0.4, -0.2) is 37.0 Å². The van der Waals surface area contributed by atoms with Gasteiger partial charge in [-0.1, -0.05) is 41.9 Å². The SMILES string of the molecule is [C-]#[N+]c1ccc(-c2ccc(OC)c(CN(C(=O)c3sc4c(F)ccc(F)c4c3Cl)[C@H]3CC[C@H](NC)CC3)c2)cc1. The Morgan fingerprint density at radius 3 is 2.38 bits per heavy atom. The van der Waals surface area contributed by atoms with E-state index in [1.165, 1.54) is 0 Å². The highest BCUT2D eigenvalue weighted by molar-refractivity contribution is 7.21. The summed E-state index contributed by atoms with van der Waals surface area (Å²) < 4.78 is 34.9. The first-order valence-electron chi connectivity index (χ1n) is 13.0. The maximum absolute atomic E-state index is 14.6. The number of methoxy groups -OCH3 is 1. The van der Waals surface area contributed by atoms with Gasteiger partial charge in [-0.25, -0.2) is 13.6 Å². The van der Waals surface area contributed by atoms with Crippen molar-refractivity contribution in [2.24, 2.45) is 0 Å². The van der Waals surface area contributed by atoms with E-state index in [0.29, 0.717) is 17.5 Å². The lowest BCUT2D eigenvalue weighted by atomic mass is 9.89. The van der Waals surface area contributed by atoms with Crippen molar-refractivity contribution in [3.8, 4) is 16.9 Å². The van der Waals surface area contributed by atoms with Crippen LogP contribution in [0.15, 0.2) is 54.6 Å². The van der Waals surface area contributed by atoms with Gasteiger partial charge < -0.3 is 15.0 Å². The number of halogens is 3. The van der Waals surface area contributed by atoms with Gasteiger partial charge >= 0.3 is 0 Å². The van der Waals surface area contributed by atoms with Crippen molar-refractivity contribution < 1.29 is 18.3 Å². The number of amides is 1. The Balaban J connectivity index is 1.55. The van der Waals surface area contributed by atoms with Crippen LogP contribution in [0.5, 0.6) is 5.75 Å². The molecule has 1 fully saturated rings. The fraction of sp³-hybridized carbons (Fsp3) is 0.290. The second-order valence-corrected chi connectivity index (χ2v) is 11.3. The topological polar surface area (TPSA) is 45.9 Å². The predicted molar refractivity (Wildman–Crippen MR) is 156 cm³/mol. The van der Waals surface area contributed by atoms with Gasteiger partial charge in [-0.05, 0) is 68.1 Å². The number of nitrogens with one attached hydrogen (secondary N) is 1.